The van der Waals surface area contributed by atoms with Crippen molar-refractivity contribution in [2.45, 2.75) is 13.8 Å². The average molecular weight is 273 g/mol. The van der Waals surface area contributed by atoms with Crippen molar-refractivity contribution in [3.05, 3.63) is 46.5 Å². The maximum atomic E-state index is 6.17. The summed E-state index contributed by atoms with van der Waals surface area (Å²) < 4.78 is 5.82. The zero-order chi connectivity index (χ0) is 13.6. The van der Waals surface area contributed by atoms with Crippen molar-refractivity contribution in [1.29, 1.82) is 0 Å². The Morgan fingerprint density at radius 3 is 2.74 bits per heavy atom. The Morgan fingerprint density at radius 2 is 1.95 bits per heavy atom. The molecule has 0 radical (unpaired) electrons. The third-order valence-corrected chi connectivity index (χ3v) is 3.37. The van der Waals surface area contributed by atoms with E-state index in [1.165, 1.54) is 0 Å². The SMILES string of the molecule is Cc1cc(C)c2oc(-c3cc(N)ccc3Cl)nc2c1. The highest BCUT2D eigenvalue weighted by atomic mass is 35.5. The largest absolute Gasteiger partial charge is 0.436 e. The van der Waals surface area contributed by atoms with Crippen LogP contribution in [-0.4, -0.2) is 4.98 Å². The first-order valence-corrected chi connectivity index (χ1v) is 6.35. The smallest absolute Gasteiger partial charge is 0.228 e. The van der Waals surface area contributed by atoms with E-state index < -0.39 is 0 Å². The first-order chi connectivity index (χ1) is 9.04. The predicted molar refractivity (Wildman–Crippen MR) is 78.3 cm³/mol. The first-order valence-electron chi connectivity index (χ1n) is 5.98. The number of rotatable bonds is 1. The van der Waals surface area contributed by atoms with Crippen molar-refractivity contribution in [3.63, 3.8) is 0 Å². The minimum atomic E-state index is 0.501. The van der Waals surface area contributed by atoms with Gasteiger partial charge in [-0.2, -0.15) is 0 Å². The molecular weight excluding hydrogens is 260 g/mol. The minimum absolute atomic E-state index is 0.501. The van der Waals surface area contributed by atoms with Crippen LogP contribution in [0, 0.1) is 13.8 Å². The van der Waals surface area contributed by atoms with E-state index >= 15 is 0 Å². The Kier molecular flexibility index (Phi) is 2.72. The van der Waals surface area contributed by atoms with Gasteiger partial charge in [-0.05, 0) is 49.2 Å². The number of oxazole rings is 1. The number of halogens is 1. The molecule has 0 amide bonds. The van der Waals surface area contributed by atoms with Crippen LogP contribution in [0.15, 0.2) is 34.7 Å². The van der Waals surface area contributed by atoms with E-state index in [4.69, 9.17) is 21.8 Å². The Morgan fingerprint density at radius 1 is 1.16 bits per heavy atom. The zero-order valence-corrected chi connectivity index (χ0v) is 11.5. The van der Waals surface area contributed by atoms with Gasteiger partial charge in [0.2, 0.25) is 5.89 Å². The highest BCUT2D eigenvalue weighted by Gasteiger charge is 2.13. The molecule has 0 fully saturated rings. The summed E-state index contributed by atoms with van der Waals surface area (Å²) >= 11 is 6.17. The molecule has 1 aromatic heterocycles. The standard InChI is InChI=1S/C15H13ClN2O/c1-8-5-9(2)14-13(6-8)18-15(19-14)11-7-10(17)3-4-12(11)16/h3-7H,17H2,1-2H3. The molecule has 3 nitrogen and oxygen atoms in total. The molecule has 2 aromatic carbocycles. The summed E-state index contributed by atoms with van der Waals surface area (Å²) in [5.74, 6) is 0.501. The molecule has 2 N–H and O–H groups in total. The van der Waals surface area contributed by atoms with Gasteiger partial charge in [-0.1, -0.05) is 17.7 Å². The van der Waals surface area contributed by atoms with E-state index in [0.717, 1.165) is 27.8 Å². The number of hydrogen-bond acceptors (Lipinski definition) is 3. The van der Waals surface area contributed by atoms with Crippen molar-refractivity contribution >= 4 is 28.4 Å². The second-order valence-corrected chi connectivity index (χ2v) is 5.10. The van der Waals surface area contributed by atoms with Crippen LogP contribution in [0.4, 0.5) is 5.69 Å². The molecule has 96 valence electrons. The van der Waals surface area contributed by atoms with E-state index in [9.17, 15) is 0 Å². The number of anilines is 1. The highest BCUT2D eigenvalue weighted by Crippen LogP contribution is 2.32. The summed E-state index contributed by atoms with van der Waals surface area (Å²) in [4.78, 5) is 4.50. The Bertz CT molecular complexity index is 777. The van der Waals surface area contributed by atoms with Gasteiger partial charge < -0.3 is 10.2 Å². The van der Waals surface area contributed by atoms with Gasteiger partial charge in [0.25, 0.3) is 0 Å². The van der Waals surface area contributed by atoms with Crippen molar-refractivity contribution in [3.8, 4) is 11.5 Å². The molecule has 4 heteroatoms. The van der Waals surface area contributed by atoms with Gasteiger partial charge in [-0.3, -0.25) is 0 Å². The molecule has 0 saturated heterocycles. The number of aromatic nitrogens is 1. The fraction of sp³-hybridized carbons (Fsp3) is 0.133. The predicted octanol–water partition coefficient (Wildman–Crippen LogP) is 4.35. The van der Waals surface area contributed by atoms with Crippen LogP contribution in [0.2, 0.25) is 5.02 Å². The average Bonchev–Trinajstić information content (AvgIpc) is 2.76. The van der Waals surface area contributed by atoms with Crippen LogP contribution >= 0.6 is 11.6 Å². The molecule has 0 aliphatic heterocycles. The summed E-state index contributed by atoms with van der Waals surface area (Å²) in [6.45, 7) is 4.04. The molecule has 0 atom stereocenters. The quantitative estimate of drug-likeness (QED) is 0.670. The maximum absolute atomic E-state index is 6.17. The van der Waals surface area contributed by atoms with Gasteiger partial charge in [0.1, 0.15) is 5.52 Å². The lowest BCUT2D eigenvalue weighted by Gasteiger charge is -2.00. The molecule has 0 aliphatic rings. The van der Waals surface area contributed by atoms with Gasteiger partial charge >= 0.3 is 0 Å². The fourth-order valence-corrected chi connectivity index (χ4v) is 2.40. The number of aryl methyl sites for hydroxylation is 2. The lowest BCUT2D eigenvalue weighted by Crippen LogP contribution is -1.86. The second kappa shape index (κ2) is 4.28. The van der Waals surface area contributed by atoms with Gasteiger partial charge in [0, 0.05) is 5.69 Å². The van der Waals surface area contributed by atoms with Crippen molar-refractivity contribution < 1.29 is 4.42 Å². The maximum Gasteiger partial charge on any atom is 0.228 e. The first kappa shape index (κ1) is 12.1. The third kappa shape index (κ3) is 2.06. The molecule has 3 aromatic rings. The van der Waals surface area contributed by atoms with Crippen LogP contribution in [0.3, 0.4) is 0 Å². The Hall–Kier alpha value is -2.00. The Balaban J connectivity index is 2.26. The molecule has 0 unspecified atom stereocenters. The van der Waals surface area contributed by atoms with E-state index in [1.807, 2.05) is 19.9 Å². The van der Waals surface area contributed by atoms with Gasteiger partial charge in [-0.25, -0.2) is 4.98 Å². The molecule has 0 bridgehead atoms. The van der Waals surface area contributed by atoms with E-state index in [-0.39, 0.29) is 0 Å². The van der Waals surface area contributed by atoms with E-state index in [0.29, 0.717) is 16.6 Å². The van der Waals surface area contributed by atoms with Gasteiger partial charge in [-0.15, -0.1) is 0 Å². The number of nitrogens with zero attached hydrogens (tertiary/aromatic N) is 1. The van der Waals surface area contributed by atoms with Crippen LogP contribution in [0.25, 0.3) is 22.6 Å². The Labute approximate surface area is 116 Å². The molecule has 0 aliphatic carbocycles. The number of nitrogens with two attached hydrogens (primary N) is 1. The number of benzene rings is 2. The summed E-state index contributed by atoms with van der Waals surface area (Å²) in [6.07, 6.45) is 0. The molecule has 19 heavy (non-hydrogen) atoms. The van der Waals surface area contributed by atoms with Crippen LogP contribution in [-0.2, 0) is 0 Å². The summed E-state index contributed by atoms with van der Waals surface area (Å²) in [6, 6.07) is 9.34. The van der Waals surface area contributed by atoms with Gasteiger partial charge in [0.15, 0.2) is 5.58 Å². The molecule has 1 heterocycles. The van der Waals surface area contributed by atoms with Crippen LogP contribution in [0.5, 0.6) is 0 Å². The molecule has 0 spiro atoms. The molecular formula is C15H13ClN2O. The summed E-state index contributed by atoms with van der Waals surface area (Å²) in [5.41, 5.74) is 11.0. The summed E-state index contributed by atoms with van der Waals surface area (Å²) in [7, 11) is 0. The lowest BCUT2D eigenvalue weighted by molar-refractivity contribution is 0.617. The second-order valence-electron chi connectivity index (χ2n) is 4.69. The normalized spacial score (nSPS) is 11.1. The van der Waals surface area contributed by atoms with Crippen molar-refractivity contribution in [1.82, 2.24) is 4.98 Å². The monoisotopic (exact) mass is 272 g/mol. The van der Waals surface area contributed by atoms with Gasteiger partial charge in [0.05, 0.1) is 10.6 Å². The minimum Gasteiger partial charge on any atom is -0.436 e. The number of nitrogen functional groups attached to an aromatic ring is 1. The van der Waals surface area contributed by atoms with Crippen molar-refractivity contribution in [2.24, 2.45) is 0 Å². The van der Waals surface area contributed by atoms with Crippen LogP contribution < -0.4 is 5.73 Å². The number of fused-ring (bicyclic) bond motifs is 1. The lowest BCUT2D eigenvalue weighted by atomic mass is 10.1. The van der Waals surface area contributed by atoms with Crippen molar-refractivity contribution in [2.75, 3.05) is 5.73 Å². The fourth-order valence-electron chi connectivity index (χ4n) is 2.20. The van der Waals surface area contributed by atoms with E-state index in [1.54, 1.807) is 18.2 Å². The topological polar surface area (TPSA) is 52.0 Å². The molecule has 0 saturated carbocycles. The highest BCUT2D eigenvalue weighted by molar-refractivity contribution is 6.33. The third-order valence-electron chi connectivity index (χ3n) is 3.04. The molecule has 3 rings (SSSR count). The van der Waals surface area contributed by atoms with Crippen LogP contribution in [0.1, 0.15) is 11.1 Å². The number of hydrogen-bond donors (Lipinski definition) is 1. The zero-order valence-electron chi connectivity index (χ0n) is 10.7. The summed E-state index contributed by atoms with van der Waals surface area (Å²) in [5, 5.41) is 0.579. The van der Waals surface area contributed by atoms with E-state index in [2.05, 4.69) is 11.1 Å².